The Hall–Kier alpha value is -1.03. The summed E-state index contributed by atoms with van der Waals surface area (Å²) in [5.74, 6) is 0.677. The molecule has 0 bridgehead atoms. The maximum atomic E-state index is 11.6. The van der Waals surface area contributed by atoms with Gasteiger partial charge in [-0.2, -0.15) is 0 Å². The third-order valence-corrected chi connectivity index (χ3v) is 4.33. The minimum atomic E-state index is -3.17. The summed E-state index contributed by atoms with van der Waals surface area (Å²) in [7, 11) is -3.17. The molecule has 0 spiro atoms. The monoisotopic (exact) mass is 255 g/mol. The molecule has 0 aliphatic heterocycles. The van der Waals surface area contributed by atoms with E-state index in [9.17, 15) is 8.42 Å². The second kappa shape index (κ2) is 6.05. The van der Waals surface area contributed by atoms with Crippen LogP contribution in [0.15, 0.2) is 24.3 Å². The van der Waals surface area contributed by atoms with Gasteiger partial charge in [0.05, 0.1) is 5.75 Å². The summed E-state index contributed by atoms with van der Waals surface area (Å²) >= 11 is 0. The van der Waals surface area contributed by atoms with Crippen molar-refractivity contribution in [3.63, 3.8) is 0 Å². The van der Waals surface area contributed by atoms with Crippen LogP contribution in [-0.4, -0.2) is 14.2 Å². The van der Waals surface area contributed by atoms with E-state index in [1.54, 1.807) is 0 Å². The smallest absolute Gasteiger partial charge is 0.232 e. The van der Waals surface area contributed by atoms with Gasteiger partial charge in [-0.3, -0.25) is 4.72 Å². The van der Waals surface area contributed by atoms with Crippen molar-refractivity contribution >= 4 is 15.7 Å². The predicted octanol–water partition coefficient (Wildman–Crippen LogP) is 3.35. The second-order valence-corrected chi connectivity index (χ2v) is 6.19. The third-order valence-electron chi connectivity index (χ3n) is 2.84. The molecule has 1 aromatic carbocycles. The third kappa shape index (κ3) is 4.38. The van der Waals surface area contributed by atoms with E-state index >= 15 is 0 Å². The molecule has 0 saturated carbocycles. The van der Waals surface area contributed by atoms with Crippen LogP contribution in [0.2, 0.25) is 0 Å². The quantitative estimate of drug-likeness (QED) is 0.847. The van der Waals surface area contributed by atoms with Crippen LogP contribution in [0.1, 0.15) is 45.1 Å². The van der Waals surface area contributed by atoms with E-state index in [-0.39, 0.29) is 5.75 Å². The van der Waals surface area contributed by atoms with Crippen LogP contribution in [0.5, 0.6) is 0 Å². The first-order valence-corrected chi connectivity index (χ1v) is 7.74. The molecule has 1 atom stereocenters. The molecule has 0 amide bonds. The predicted molar refractivity (Wildman–Crippen MR) is 72.8 cm³/mol. The van der Waals surface area contributed by atoms with Crippen molar-refractivity contribution < 1.29 is 8.42 Å². The van der Waals surface area contributed by atoms with Gasteiger partial charge < -0.3 is 0 Å². The van der Waals surface area contributed by atoms with E-state index in [0.717, 1.165) is 6.42 Å². The molecular formula is C13H21NO2S. The lowest BCUT2D eigenvalue weighted by molar-refractivity contribution is 0.600. The molecule has 0 radical (unpaired) electrons. The van der Waals surface area contributed by atoms with Gasteiger partial charge in [-0.15, -0.1) is 0 Å². The topological polar surface area (TPSA) is 46.2 Å². The molecule has 0 fully saturated rings. The van der Waals surface area contributed by atoms with Gasteiger partial charge in [0.2, 0.25) is 10.0 Å². The molecule has 0 aromatic heterocycles. The van der Waals surface area contributed by atoms with Gasteiger partial charge in [0, 0.05) is 5.69 Å². The number of hydrogen-bond acceptors (Lipinski definition) is 2. The molecule has 1 unspecified atom stereocenters. The van der Waals surface area contributed by atoms with Crippen molar-refractivity contribution in [3.8, 4) is 0 Å². The van der Waals surface area contributed by atoms with E-state index in [1.807, 2.05) is 31.2 Å². The Labute approximate surface area is 104 Å². The van der Waals surface area contributed by atoms with Gasteiger partial charge >= 0.3 is 0 Å². The van der Waals surface area contributed by atoms with E-state index < -0.39 is 10.0 Å². The minimum Gasteiger partial charge on any atom is -0.284 e. The van der Waals surface area contributed by atoms with Crippen LogP contribution in [-0.2, 0) is 10.0 Å². The standard InChI is InChI=1S/C13H21NO2S/c1-4-10-17(15,16)14-13-8-6-12(7-9-13)11(3)5-2/h6-9,11,14H,4-5,10H2,1-3H3. The summed E-state index contributed by atoms with van der Waals surface area (Å²) in [6.45, 7) is 6.16. The fraction of sp³-hybridized carbons (Fsp3) is 0.538. The minimum absolute atomic E-state index is 0.167. The fourth-order valence-electron chi connectivity index (χ4n) is 1.61. The molecule has 4 heteroatoms. The summed E-state index contributed by atoms with van der Waals surface area (Å²) in [5, 5.41) is 0. The second-order valence-electron chi connectivity index (χ2n) is 4.35. The van der Waals surface area contributed by atoms with Crippen LogP contribution in [0.3, 0.4) is 0 Å². The van der Waals surface area contributed by atoms with Crippen molar-refractivity contribution in [3.05, 3.63) is 29.8 Å². The first-order valence-electron chi connectivity index (χ1n) is 6.09. The highest BCUT2D eigenvalue weighted by Crippen LogP contribution is 2.20. The molecule has 17 heavy (non-hydrogen) atoms. The van der Waals surface area contributed by atoms with Crippen LogP contribution in [0, 0.1) is 0 Å². The molecule has 1 N–H and O–H groups in total. The van der Waals surface area contributed by atoms with Gasteiger partial charge in [-0.1, -0.05) is 32.9 Å². The zero-order chi connectivity index (χ0) is 12.9. The highest BCUT2D eigenvalue weighted by atomic mass is 32.2. The van der Waals surface area contributed by atoms with Crippen molar-refractivity contribution in [1.82, 2.24) is 0 Å². The average molecular weight is 255 g/mol. The fourth-order valence-corrected chi connectivity index (χ4v) is 2.75. The van der Waals surface area contributed by atoms with E-state index in [1.165, 1.54) is 5.56 Å². The van der Waals surface area contributed by atoms with Gasteiger partial charge in [-0.25, -0.2) is 8.42 Å². The molecule has 1 aromatic rings. The van der Waals surface area contributed by atoms with Crippen molar-refractivity contribution in [1.29, 1.82) is 0 Å². The number of hydrogen-bond donors (Lipinski definition) is 1. The number of benzene rings is 1. The lowest BCUT2D eigenvalue weighted by Crippen LogP contribution is -2.16. The molecule has 96 valence electrons. The lowest BCUT2D eigenvalue weighted by atomic mass is 9.99. The molecular weight excluding hydrogens is 234 g/mol. The van der Waals surface area contributed by atoms with Crippen molar-refractivity contribution in [2.45, 2.75) is 39.5 Å². The van der Waals surface area contributed by atoms with E-state index in [4.69, 9.17) is 0 Å². The number of nitrogens with one attached hydrogen (secondary N) is 1. The largest absolute Gasteiger partial charge is 0.284 e. The maximum Gasteiger partial charge on any atom is 0.232 e. The Morgan fingerprint density at radius 2 is 1.76 bits per heavy atom. The van der Waals surface area contributed by atoms with E-state index in [0.29, 0.717) is 18.0 Å². The zero-order valence-corrected chi connectivity index (χ0v) is 11.5. The SMILES string of the molecule is CCCS(=O)(=O)Nc1ccc(C(C)CC)cc1. The first kappa shape index (κ1) is 14.0. The van der Waals surface area contributed by atoms with Gasteiger partial charge in [0.25, 0.3) is 0 Å². The lowest BCUT2D eigenvalue weighted by Gasteiger charge is -2.11. The molecule has 0 saturated heterocycles. The van der Waals surface area contributed by atoms with Crippen molar-refractivity contribution in [2.75, 3.05) is 10.5 Å². The molecule has 0 aliphatic carbocycles. The Kier molecular flexibility index (Phi) is 5.00. The average Bonchev–Trinajstić information content (AvgIpc) is 2.28. The van der Waals surface area contributed by atoms with Crippen LogP contribution in [0.25, 0.3) is 0 Å². The number of sulfonamides is 1. The summed E-state index contributed by atoms with van der Waals surface area (Å²) in [4.78, 5) is 0. The zero-order valence-electron chi connectivity index (χ0n) is 10.7. The maximum absolute atomic E-state index is 11.6. The van der Waals surface area contributed by atoms with Gasteiger partial charge in [0.1, 0.15) is 0 Å². The summed E-state index contributed by atoms with van der Waals surface area (Å²) < 4.78 is 25.7. The van der Waals surface area contributed by atoms with E-state index in [2.05, 4.69) is 18.6 Å². The summed E-state index contributed by atoms with van der Waals surface area (Å²) in [6.07, 6.45) is 1.71. The van der Waals surface area contributed by atoms with Crippen LogP contribution < -0.4 is 4.72 Å². The number of rotatable bonds is 6. The number of anilines is 1. The molecule has 3 nitrogen and oxygen atoms in total. The normalized spacial score (nSPS) is 13.4. The Balaban J connectivity index is 2.75. The van der Waals surface area contributed by atoms with Crippen LogP contribution >= 0.6 is 0 Å². The van der Waals surface area contributed by atoms with Crippen molar-refractivity contribution in [2.24, 2.45) is 0 Å². The van der Waals surface area contributed by atoms with Gasteiger partial charge in [-0.05, 0) is 36.5 Å². The molecule has 0 heterocycles. The highest BCUT2D eigenvalue weighted by Gasteiger charge is 2.09. The summed E-state index contributed by atoms with van der Waals surface area (Å²) in [6, 6.07) is 7.62. The first-order chi connectivity index (χ1) is 7.98. The highest BCUT2D eigenvalue weighted by molar-refractivity contribution is 7.92. The molecule has 0 aliphatic rings. The van der Waals surface area contributed by atoms with Gasteiger partial charge in [0.15, 0.2) is 0 Å². The Morgan fingerprint density at radius 3 is 2.24 bits per heavy atom. The molecule has 1 rings (SSSR count). The van der Waals surface area contributed by atoms with Crippen LogP contribution in [0.4, 0.5) is 5.69 Å². The Bertz CT molecular complexity index is 437. The summed E-state index contributed by atoms with van der Waals surface area (Å²) in [5.41, 5.74) is 1.89. The Morgan fingerprint density at radius 1 is 1.18 bits per heavy atom.